The van der Waals surface area contributed by atoms with Gasteiger partial charge in [0.05, 0.1) is 23.3 Å². The first kappa shape index (κ1) is 14.6. The van der Waals surface area contributed by atoms with Crippen molar-refractivity contribution in [1.29, 1.82) is 0 Å². The lowest BCUT2D eigenvalue weighted by atomic mass is 9.98. The van der Waals surface area contributed by atoms with Gasteiger partial charge in [-0.15, -0.1) is 0 Å². The molecule has 0 saturated carbocycles. The first-order chi connectivity index (χ1) is 11.7. The molecule has 4 rings (SSSR count). The van der Waals surface area contributed by atoms with Gasteiger partial charge in [0.25, 0.3) is 5.91 Å². The van der Waals surface area contributed by atoms with Crippen molar-refractivity contribution >= 4 is 5.91 Å². The quantitative estimate of drug-likeness (QED) is 0.786. The number of aryl methyl sites for hydroxylation is 1. The summed E-state index contributed by atoms with van der Waals surface area (Å²) >= 11 is 0. The number of nitrogens with zero attached hydrogens (tertiary/aromatic N) is 4. The smallest absolute Gasteiger partial charge is 0.256 e. The number of fused-ring (bicyclic) bond motifs is 1. The third-order valence-corrected chi connectivity index (χ3v) is 4.31. The molecule has 0 bridgehead atoms. The van der Waals surface area contributed by atoms with E-state index in [-0.39, 0.29) is 11.9 Å². The van der Waals surface area contributed by atoms with Crippen molar-refractivity contribution in [3.05, 3.63) is 77.4 Å². The maximum atomic E-state index is 13.0. The van der Waals surface area contributed by atoms with E-state index in [1.165, 1.54) is 0 Å². The van der Waals surface area contributed by atoms with Crippen molar-refractivity contribution in [3.63, 3.8) is 0 Å². The number of H-pyrrole nitrogens is 1. The molecule has 6 heteroatoms. The summed E-state index contributed by atoms with van der Waals surface area (Å²) in [6.07, 6.45) is 5.81. The van der Waals surface area contributed by atoms with Crippen LogP contribution in [0.2, 0.25) is 0 Å². The lowest BCUT2D eigenvalue weighted by molar-refractivity contribution is 0.0687. The van der Waals surface area contributed by atoms with Crippen molar-refractivity contribution in [1.82, 2.24) is 24.8 Å². The van der Waals surface area contributed by atoms with E-state index in [0.717, 1.165) is 29.2 Å². The van der Waals surface area contributed by atoms with Gasteiger partial charge in [-0.1, -0.05) is 6.07 Å². The van der Waals surface area contributed by atoms with E-state index in [2.05, 4.69) is 19.9 Å². The monoisotopic (exact) mass is 319 g/mol. The van der Waals surface area contributed by atoms with Crippen molar-refractivity contribution in [2.24, 2.45) is 0 Å². The Morgan fingerprint density at radius 2 is 2.12 bits per heavy atom. The molecule has 0 radical (unpaired) electrons. The van der Waals surface area contributed by atoms with Gasteiger partial charge in [0.1, 0.15) is 6.04 Å². The molecule has 4 heterocycles. The van der Waals surface area contributed by atoms with E-state index in [1.54, 1.807) is 18.7 Å². The number of amides is 1. The van der Waals surface area contributed by atoms with Crippen molar-refractivity contribution < 1.29 is 4.79 Å². The van der Waals surface area contributed by atoms with E-state index in [0.29, 0.717) is 12.1 Å². The molecule has 1 aliphatic heterocycles. The third kappa shape index (κ3) is 2.46. The Morgan fingerprint density at radius 3 is 2.88 bits per heavy atom. The van der Waals surface area contributed by atoms with Gasteiger partial charge in [-0.25, -0.2) is 4.98 Å². The lowest BCUT2D eigenvalue weighted by Gasteiger charge is -2.34. The number of carbonyl (C=O) groups is 1. The first-order valence-electron chi connectivity index (χ1n) is 7.91. The molecule has 1 N–H and O–H groups in total. The zero-order chi connectivity index (χ0) is 16.5. The molecule has 24 heavy (non-hydrogen) atoms. The Morgan fingerprint density at radius 1 is 1.21 bits per heavy atom. The van der Waals surface area contributed by atoms with Gasteiger partial charge in [0.2, 0.25) is 0 Å². The van der Waals surface area contributed by atoms with Crippen LogP contribution in [0.25, 0.3) is 0 Å². The van der Waals surface area contributed by atoms with E-state index in [9.17, 15) is 4.79 Å². The minimum atomic E-state index is -0.282. The number of hydrogen-bond acceptors (Lipinski definition) is 4. The van der Waals surface area contributed by atoms with Crippen molar-refractivity contribution in [2.45, 2.75) is 19.4 Å². The Balaban J connectivity index is 1.76. The summed E-state index contributed by atoms with van der Waals surface area (Å²) in [7, 11) is 0. The van der Waals surface area contributed by atoms with E-state index < -0.39 is 0 Å². The van der Waals surface area contributed by atoms with Crippen LogP contribution < -0.4 is 0 Å². The summed E-state index contributed by atoms with van der Waals surface area (Å²) in [5.41, 5.74) is 4.23. The fourth-order valence-electron chi connectivity index (χ4n) is 3.09. The van der Waals surface area contributed by atoms with Crippen LogP contribution in [-0.2, 0) is 6.42 Å². The standard InChI is InChI=1S/C18H17N5O/c1-12-5-6-13(10-20-12)18(24)23-9-7-14-16(22-11-21-14)17(23)15-4-2-3-8-19-15/h2-6,8,10-11,17H,7,9H2,1H3,(H,21,22)/t17-/m0/s1. The van der Waals surface area contributed by atoms with Gasteiger partial charge in [-0.05, 0) is 31.2 Å². The topological polar surface area (TPSA) is 74.8 Å². The highest BCUT2D eigenvalue weighted by Crippen LogP contribution is 2.33. The first-order valence-corrected chi connectivity index (χ1v) is 7.91. The van der Waals surface area contributed by atoms with Crippen LogP contribution in [-0.4, -0.2) is 37.3 Å². The molecule has 0 aromatic carbocycles. The molecule has 0 saturated heterocycles. The van der Waals surface area contributed by atoms with Crippen LogP contribution in [0.15, 0.2) is 49.1 Å². The highest BCUT2D eigenvalue weighted by molar-refractivity contribution is 5.94. The number of nitrogens with one attached hydrogen (secondary N) is 1. The molecular weight excluding hydrogens is 302 g/mol. The van der Waals surface area contributed by atoms with E-state index >= 15 is 0 Å². The zero-order valence-electron chi connectivity index (χ0n) is 13.3. The molecule has 3 aromatic heterocycles. The fourth-order valence-corrected chi connectivity index (χ4v) is 3.09. The molecule has 1 amide bonds. The number of pyridine rings is 2. The summed E-state index contributed by atoms with van der Waals surface area (Å²) in [5, 5.41) is 0. The summed E-state index contributed by atoms with van der Waals surface area (Å²) in [6.45, 7) is 2.52. The maximum Gasteiger partial charge on any atom is 0.256 e. The predicted octanol–water partition coefficient (Wildman–Crippen LogP) is 2.30. The molecule has 6 nitrogen and oxygen atoms in total. The third-order valence-electron chi connectivity index (χ3n) is 4.31. The second kappa shape index (κ2) is 5.88. The van der Waals surface area contributed by atoms with Crippen LogP contribution in [0.3, 0.4) is 0 Å². The molecule has 0 fully saturated rings. The lowest BCUT2D eigenvalue weighted by Crippen LogP contribution is -2.41. The van der Waals surface area contributed by atoms with Crippen molar-refractivity contribution in [3.8, 4) is 0 Å². The average Bonchev–Trinajstić information content (AvgIpc) is 3.10. The number of aromatic amines is 1. The normalized spacial score (nSPS) is 16.7. The minimum absolute atomic E-state index is 0.0493. The largest absolute Gasteiger partial charge is 0.348 e. The second-order valence-corrected chi connectivity index (χ2v) is 5.86. The zero-order valence-corrected chi connectivity index (χ0v) is 13.3. The Bertz CT molecular complexity index is 857. The molecule has 0 aliphatic carbocycles. The van der Waals surface area contributed by atoms with Gasteiger partial charge in [0, 0.05) is 36.7 Å². The fraction of sp³-hybridized carbons (Fsp3) is 0.222. The van der Waals surface area contributed by atoms with Gasteiger partial charge in [-0.2, -0.15) is 0 Å². The number of imidazole rings is 1. The number of rotatable bonds is 2. The Labute approximate surface area is 139 Å². The van der Waals surface area contributed by atoms with Crippen molar-refractivity contribution in [2.75, 3.05) is 6.54 Å². The van der Waals surface area contributed by atoms with E-state index in [1.807, 2.05) is 42.2 Å². The maximum absolute atomic E-state index is 13.0. The minimum Gasteiger partial charge on any atom is -0.348 e. The predicted molar refractivity (Wildman–Crippen MR) is 88.4 cm³/mol. The molecule has 1 atom stereocenters. The van der Waals surface area contributed by atoms with Crippen LogP contribution in [0, 0.1) is 6.92 Å². The number of hydrogen-bond donors (Lipinski definition) is 1. The van der Waals surface area contributed by atoms with Gasteiger partial charge >= 0.3 is 0 Å². The van der Waals surface area contributed by atoms with Crippen LogP contribution in [0.5, 0.6) is 0 Å². The number of aromatic nitrogens is 4. The Kier molecular flexibility index (Phi) is 3.57. The SMILES string of the molecule is Cc1ccc(C(=O)N2CCc3[nH]cnc3[C@@H]2c2ccccn2)cn1. The molecule has 3 aromatic rings. The molecular formula is C18H17N5O. The number of carbonyl (C=O) groups excluding carboxylic acids is 1. The van der Waals surface area contributed by atoms with Gasteiger partial charge in [0.15, 0.2) is 0 Å². The van der Waals surface area contributed by atoms with Crippen LogP contribution in [0.1, 0.15) is 39.2 Å². The molecule has 0 unspecified atom stereocenters. The summed E-state index contributed by atoms with van der Waals surface area (Å²) in [6, 6.07) is 9.12. The van der Waals surface area contributed by atoms with Gasteiger partial charge < -0.3 is 9.88 Å². The summed E-state index contributed by atoms with van der Waals surface area (Å²) < 4.78 is 0. The van der Waals surface area contributed by atoms with Crippen LogP contribution in [0.4, 0.5) is 0 Å². The van der Waals surface area contributed by atoms with E-state index in [4.69, 9.17) is 0 Å². The summed E-state index contributed by atoms with van der Waals surface area (Å²) in [5.74, 6) is -0.0493. The second-order valence-electron chi connectivity index (χ2n) is 5.86. The summed E-state index contributed by atoms with van der Waals surface area (Å²) in [4.78, 5) is 31.2. The van der Waals surface area contributed by atoms with Crippen LogP contribution >= 0.6 is 0 Å². The highest BCUT2D eigenvalue weighted by Gasteiger charge is 2.35. The highest BCUT2D eigenvalue weighted by atomic mass is 16.2. The molecule has 0 spiro atoms. The Hall–Kier alpha value is -3.02. The molecule has 120 valence electrons. The average molecular weight is 319 g/mol. The van der Waals surface area contributed by atoms with Gasteiger partial charge in [-0.3, -0.25) is 14.8 Å². The molecule has 1 aliphatic rings.